The van der Waals surface area contributed by atoms with Gasteiger partial charge < -0.3 is 15.8 Å². The van der Waals surface area contributed by atoms with Crippen LogP contribution in [0.2, 0.25) is 0 Å². The molecular weight excluding hydrogens is 291 g/mol. The molecule has 0 fully saturated rings. The van der Waals surface area contributed by atoms with Crippen molar-refractivity contribution >= 4 is 22.9 Å². The Morgan fingerprint density at radius 2 is 2.15 bits per heavy atom. The minimum Gasteiger partial charge on any atom is -0.495 e. The fourth-order valence-corrected chi connectivity index (χ4v) is 1.41. The zero-order valence-electron chi connectivity index (χ0n) is 10.3. The molecule has 0 aliphatic rings. The normalized spacial score (nSPS) is 11.7. The van der Waals surface area contributed by atoms with Crippen LogP contribution in [-0.4, -0.2) is 12.1 Å². The van der Waals surface area contributed by atoms with Crippen molar-refractivity contribution in [3.8, 4) is 11.8 Å². The second kappa shape index (κ2) is 6.25. The third-order valence-corrected chi connectivity index (χ3v) is 2.50. The smallest absolute Gasteiger partial charge is 0.416 e. The zero-order valence-corrected chi connectivity index (χ0v) is 11.1. The van der Waals surface area contributed by atoms with Crippen molar-refractivity contribution in [1.82, 2.24) is 0 Å². The summed E-state index contributed by atoms with van der Waals surface area (Å²) in [4.78, 5) is -0.161. The molecule has 20 heavy (non-hydrogen) atoms. The molecule has 3 N–H and O–H groups in total. The predicted octanol–water partition coefficient (Wildman–Crippen LogP) is 2.82. The molecule has 8 heteroatoms. The lowest BCUT2D eigenvalue weighted by molar-refractivity contribution is -0.137. The van der Waals surface area contributed by atoms with Gasteiger partial charge in [-0.25, -0.2) is 0 Å². The van der Waals surface area contributed by atoms with E-state index in [4.69, 9.17) is 15.7 Å². The molecule has 106 valence electrons. The van der Waals surface area contributed by atoms with Gasteiger partial charge in [0.1, 0.15) is 22.4 Å². The minimum atomic E-state index is -4.48. The van der Waals surface area contributed by atoms with Gasteiger partial charge in [-0.3, -0.25) is 0 Å². The number of alkyl halides is 3. The van der Waals surface area contributed by atoms with Crippen LogP contribution in [-0.2, 0) is 6.18 Å². The molecule has 1 aromatic rings. The van der Waals surface area contributed by atoms with E-state index in [9.17, 15) is 13.2 Å². The van der Waals surface area contributed by atoms with Crippen LogP contribution in [0.3, 0.4) is 0 Å². The maximum atomic E-state index is 12.6. The summed E-state index contributed by atoms with van der Waals surface area (Å²) in [6, 6.07) is 4.66. The average molecular weight is 301 g/mol. The second-order valence-electron chi connectivity index (χ2n) is 3.59. The lowest BCUT2D eigenvalue weighted by Crippen LogP contribution is -2.11. The Morgan fingerprint density at radius 3 is 2.60 bits per heavy atom. The molecule has 0 aliphatic heterocycles. The molecule has 0 atom stereocenters. The molecule has 0 unspecified atom stereocenters. The number of anilines is 1. The molecule has 0 bridgehead atoms. The van der Waals surface area contributed by atoms with E-state index >= 15 is 0 Å². The van der Waals surface area contributed by atoms with Crippen LogP contribution in [0.25, 0.3) is 0 Å². The Morgan fingerprint density at radius 1 is 1.50 bits per heavy atom. The van der Waals surface area contributed by atoms with Crippen molar-refractivity contribution in [3.63, 3.8) is 0 Å². The summed E-state index contributed by atoms with van der Waals surface area (Å²) in [6.07, 6.45) is -3.35. The summed E-state index contributed by atoms with van der Waals surface area (Å²) < 4.78 is 42.8. The molecule has 0 spiro atoms. The first-order chi connectivity index (χ1) is 9.29. The Bertz CT molecular complexity index is 591. The number of methoxy groups -OCH3 is 1. The van der Waals surface area contributed by atoms with Crippen molar-refractivity contribution in [2.24, 2.45) is 5.73 Å². The predicted molar refractivity (Wildman–Crippen MR) is 72.1 cm³/mol. The Hall–Kier alpha value is -2.27. The summed E-state index contributed by atoms with van der Waals surface area (Å²) in [6.45, 7) is 0. The van der Waals surface area contributed by atoms with Crippen LogP contribution in [0.1, 0.15) is 5.56 Å². The third kappa shape index (κ3) is 3.86. The van der Waals surface area contributed by atoms with Crippen LogP contribution in [0.15, 0.2) is 30.0 Å². The summed E-state index contributed by atoms with van der Waals surface area (Å²) in [5.74, 6) is 0.189. The van der Waals surface area contributed by atoms with E-state index < -0.39 is 11.7 Å². The van der Waals surface area contributed by atoms with Gasteiger partial charge in [-0.1, -0.05) is 12.2 Å². The van der Waals surface area contributed by atoms with E-state index in [1.54, 1.807) is 6.07 Å². The zero-order chi connectivity index (χ0) is 15.3. The Labute approximate surface area is 118 Å². The first-order valence-electron chi connectivity index (χ1n) is 5.21. The van der Waals surface area contributed by atoms with Crippen molar-refractivity contribution in [2.45, 2.75) is 6.18 Å². The van der Waals surface area contributed by atoms with E-state index in [2.05, 4.69) is 17.5 Å². The molecule has 1 rings (SSSR count). The number of nitriles is 1. The highest BCUT2D eigenvalue weighted by molar-refractivity contribution is 7.80. The summed E-state index contributed by atoms with van der Waals surface area (Å²) in [5, 5.41) is 11.3. The van der Waals surface area contributed by atoms with E-state index in [1.807, 2.05) is 0 Å². The number of ether oxygens (including phenoxy) is 1. The number of benzene rings is 1. The number of hydrogen-bond donors (Lipinski definition) is 2. The Balaban J connectivity index is 3.16. The van der Waals surface area contributed by atoms with Crippen LogP contribution in [0.5, 0.6) is 5.75 Å². The van der Waals surface area contributed by atoms with Gasteiger partial charge in [0.15, 0.2) is 0 Å². The van der Waals surface area contributed by atoms with E-state index in [0.717, 1.165) is 18.3 Å². The van der Waals surface area contributed by atoms with Gasteiger partial charge in [0.25, 0.3) is 0 Å². The van der Waals surface area contributed by atoms with Gasteiger partial charge in [0.05, 0.1) is 18.4 Å². The molecule has 0 radical (unpaired) electrons. The maximum absolute atomic E-state index is 12.6. The summed E-state index contributed by atoms with van der Waals surface area (Å²) >= 11 is 4.61. The third-order valence-electron chi connectivity index (χ3n) is 2.28. The fourth-order valence-electron chi connectivity index (χ4n) is 1.31. The number of hydrogen-bond acceptors (Lipinski definition) is 4. The molecule has 0 aliphatic carbocycles. The molecule has 0 saturated carbocycles. The van der Waals surface area contributed by atoms with Crippen LogP contribution in [0, 0.1) is 11.3 Å². The molecule has 0 saturated heterocycles. The first kappa shape index (κ1) is 15.8. The number of halogens is 3. The fraction of sp³-hybridized carbons (Fsp3) is 0.167. The average Bonchev–Trinajstić information content (AvgIpc) is 2.37. The topological polar surface area (TPSA) is 71.1 Å². The monoisotopic (exact) mass is 301 g/mol. The van der Waals surface area contributed by atoms with Gasteiger partial charge in [-0.15, -0.1) is 0 Å². The number of nitrogens with two attached hydrogens (primary N) is 1. The van der Waals surface area contributed by atoms with Gasteiger partial charge in [-0.05, 0) is 18.2 Å². The van der Waals surface area contributed by atoms with Crippen molar-refractivity contribution in [1.29, 1.82) is 5.26 Å². The van der Waals surface area contributed by atoms with Gasteiger partial charge in [0, 0.05) is 6.20 Å². The highest BCUT2D eigenvalue weighted by atomic mass is 32.1. The largest absolute Gasteiger partial charge is 0.495 e. The van der Waals surface area contributed by atoms with Crippen LogP contribution < -0.4 is 15.8 Å². The van der Waals surface area contributed by atoms with E-state index in [-0.39, 0.29) is 22.0 Å². The van der Waals surface area contributed by atoms with Gasteiger partial charge in [0.2, 0.25) is 0 Å². The first-order valence-corrected chi connectivity index (χ1v) is 5.62. The highest BCUT2D eigenvalue weighted by Crippen LogP contribution is 2.34. The SMILES string of the molecule is COc1ccc(C(F)(F)F)cc1N/C=C(\C#N)C(N)=S. The van der Waals surface area contributed by atoms with Gasteiger partial charge in [-0.2, -0.15) is 18.4 Å². The molecule has 0 aromatic heterocycles. The maximum Gasteiger partial charge on any atom is 0.416 e. The minimum absolute atomic E-state index is 0.0475. The number of nitrogens with one attached hydrogen (secondary N) is 1. The van der Waals surface area contributed by atoms with Crippen molar-refractivity contribution in [2.75, 3.05) is 12.4 Å². The number of rotatable bonds is 4. The molecule has 0 heterocycles. The second-order valence-corrected chi connectivity index (χ2v) is 4.03. The van der Waals surface area contributed by atoms with E-state index in [0.29, 0.717) is 0 Å². The molecular formula is C12H10F3N3OS. The van der Waals surface area contributed by atoms with Gasteiger partial charge >= 0.3 is 6.18 Å². The summed E-state index contributed by atoms with van der Waals surface area (Å²) in [5.41, 5.74) is 4.42. The van der Waals surface area contributed by atoms with Crippen molar-refractivity contribution in [3.05, 3.63) is 35.5 Å². The highest BCUT2D eigenvalue weighted by Gasteiger charge is 2.31. The molecule has 4 nitrogen and oxygen atoms in total. The quantitative estimate of drug-likeness (QED) is 0.508. The standard InChI is InChI=1S/C12H10F3N3OS/c1-19-10-3-2-8(12(13,14)15)4-9(10)18-6-7(5-16)11(17)20/h2-4,6,18H,1H3,(H2,17,20)/b7-6+. The number of thiocarbonyl (C=S) groups is 1. The lowest BCUT2D eigenvalue weighted by Gasteiger charge is -2.12. The number of nitrogens with zero attached hydrogens (tertiary/aromatic N) is 1. The lowest BCUT2D eigenvalue weighted by atomic mass is 10.1. The van der Waals surface area contributed by atoms with Crippen LogP contribution >= 0.6 is 12.2 Å². The molecule has 1 aromatic carbocycles. The van der Waals surface area contributed by atoms with Crippen LogP contribution in [0.4, 0.5) is 18.9 Å². The molecule has 0 amide bonds. The summed E-state index contributed by atoms with van der Waals surface area (Å²) in [7, 11) is 1.32. The Kier molecular flexibility index (Phi) is 4.94. The van der Waals surface area contributed by atoms with E-state index in [1.165, 1.54) is 13.2 Å². The van der Waals surface area contributed by atoms with Crippen molar-refractivity contribution < 1.29 is 17.9 Å².